The molecule has 0 bridgehead atoms. The number of H-pyrrole nitrogens is 1. The van der Waals surface area contributed by atoms with Crippen LogP contribution in [0.3, 0.4) is 0 Å². The third kappa shape index (κ3) is 4.30. The van der Waals surface area contributed by atoms with Gasteiger partial charge in [0.15, 0.2) is 0 Å². The lowest BCUT2D eigenvalue weighted by atomic mass is 9.99. The summed E-state index contributed by atoms with van der Waals surface area (Å²) >= 11 is 0. The highest BCUT2D eigenvalue weighted by atomic mass is 35.5. The van der Waals surface area contributed by atoms with Gasteiger partial charge in [0, 0.05) is 6.54 Å². The number of hydrogen-bond acceptors (Lipinski definition) is 4. The van der Waals surface area contributed by atoms with Crippen molar-refractivity contribution in [3.05, 3.63) is 27.2 Å². The van der Waals surface area contributed by atoms with Crippen LogP contribution < -0.4 is 16.2 Å². The van der Waals surface area contributed by atoms with Gasteiger partial charge in [-0.15, -0.1) is 12.4 Å². The molecule has 1 atom stereocenters. The van der Waals surface area contributed by atoms with Crippen molar-refractivity contribution in [3.8, 4) is 0 Å². The molecular weight excluding hydrogens is 304 g/mol. The van der Waals surface area contributed by atoms with Gasteiger partial charge in [-0.25, -0.2) is 5.10 Å². The number of aromatic nitrogens is 2. The summed E-state index contributed by atoms with van der Waals surface area (Å²) in [6.45, 7) is 6.49. The molecule has 0 saturated carbocycles. The molecule has 1 fully saturated rings. The van der Waals surface area contributed by atoms with E-state index in [1.54, 1.807) is 0 Å². The molecule has 1 aliphatic heterocycles. The first-order chi connectivity index (χ1) is 10.2. The summed E-state index contributed by atoms with van der Waals surface area (Å²) in [5.74, 6) is 0.162. The zero-order valence-electron chi connectivity index (χ0n) is 13.2. The molecule has 124 valence electrons. The van der Waals surface area contributed by atoms with Crippen molar-refractivity contribution < 1.29 is 4.79 Å². The first-order valence-electron chi connectivity index (χ1n) is 7.76. The molecule has 22 heavy (non-hydrogen) atoms. The van der Waals surface area contributed by atoms with Crippen LogP contribution in [0.1, 0.15) is 48.3 Å². The Bertz CT molecular complexity index is 553. The summed E-state index contributed by atoms with van der Waals surface area (Å²) in [4.78, 5) is 24.3. The number of amides is 1. The Morgan fingerprint density at radius 3 is 2.73 bits per heavy atom. The Balaban J connectivity index is 0.00000242. The summed E-state index contributed by atoms with van der Waals surface area (Å²) in [5.41, 5.74) is 1.39. The quantitative estimate of drug-likeness (QED) is 0.754. The molecule has 0 spiro atoms. The van der Waals surface area contributed by atoms with Crippen LogP contribution in [-0.2, 0) is 12.8 Å². The molecular formula is C15H25ClN4O2. The minimum absolute atomic E-state index is 0. The Morgan fingerprint density at radius 2 is 2.14 bits per heavy atom. The van der Waals surface area contributed by atoms with Crippen LogP contribution in [0.25, 0.3) is 0 Å². The molecule has 1 aromatic rings. The van der Waals surface area contributed by atoms with Crippen molar-refractivity contribution in [2.75, 3.05) is 19.6 Å². The Hall–Kier alpha value is -1.40. The van der Waals surface area contributed by atoms with Gasteiger partial charge in [-0.2, -0.15) is 5.10 Å². The number of rotatable bonds is 5. The molecule has 1 amide bonds. The largest absolute Gasteiger partial charge is 0.352 e. The lowest BCUT2D eigenvalue weighted by Crippen LogP contribution is -2.40. The van der Waals surface area contributed by atoms with E-state index in [1.807, 2.05) is 13.8 Å². The number of aromatic amines is 1. The normalized spacial score (nSPS) is 17.6. The summed E-state index contributed by atoms with van der Waals surface area (Å²) in [7, 11) is 0. The van der Waals surface area contributed by atoms with Crippen LogP contribution in [0.5, 0.6) is 0 Å². The third-order valence-electron chi connectivity index (χ3n) is 4.04. The SMILES string of the molecule is CCc1n[nH]c(=O)c(C(=O)NCC2CCCNC2)c1CC.Cl. The zero-order chi connectivity index (χ0) is 15.2. The Kier molecular flexibility index (Phi) is 7.55. The predicted molar refractivity (Wildman–Crippen MR) is 88.8 cm³/mol. The van der Waals surface area contributed by atoms with Gasteiger partial charge in [-0.1, -0.05) is 13.8 Å². The Morgan fingerprint density at radius 1 is 1.36 bits per heavy atom. The van der Waals surface area contributed by atoms with Crippen LogP contribution >= 0.6 is 12.4 Å². The molecule has 1 aliphatic rings. The average Bonchev–Trinajstić information content (AvgIpc) is 2.53. The first-order valence-corrected chi connectivity index (χ1v) is 7.76. The van der Waals surface area contributed by atoms with Gasteiger partial charge in [0.05, 0.1) is 5.69 Å². The summed E-state index contributed by atoms with van der Waals surface area (Å²) in [6, 6.07) is 0. The summed E-state index contributed by atoms with van der Waals surface area (Å²) in [6.07, 6.45) is 3.58. The van der Waals surface area contributed by atoms with Gasteiger partial charge in [0.2, 0.25) is 0 Å². The smallest absolute Gasteiger partial charge is 0.277 e. The van der Waals surface area contributed by atoms with E-state index in [0.29, 0.717) is 25.3 Å². The third-order valence-corrected chi connectivity index (χ3v) is 4.04. The van der Waals surface area contributed by atoms with Crippen LogP contribution in [-0.4, -0.2) is 35.7 Å². The first kappa shape index (κ1) is 18.6. The molecule has 0 radical (unpaired) electrons. The maximum atomic E-state index is 12.4. The number of carbonyl (C=O) groups is 1. The monoisotopic (exact) mass is 328 g/mol. The minimum atomic E-state index is -0.400. The second-order valence-corrected chi connectivity index (χ2v) is 5.48. The standard InChI is InChI=1S/C15H24N4O2.ClH/c1-3-11-12(4-2)18-19-15(21)13(11)14(20)17-9-10-6-5-7-16-8-10;/h10,16H,3-9H2,1-2H3,(H,17,20)(H,19,21);1H. The average molecular weight is 329 g/mol. The zero-order valence-corrected chi connectivity index (χ0v) is 14.0. The fourth-order valence-corrected chi connectivity index (χ4v) is 2.86. The molecule has 1 saturated heterocycles. The van der Waals surface area contributed by atoms with Crippen molar-refractivity contribution in [2.45, 2.75) is 39.5 Å². The molecule has 3 N–H and O–H groups in total. The second kappa shape index (κ2) is 8.90. The number of halogens is 1. The van der Waals surface area contributed by atoms with Crippen molar-refractivity contribution in [3.63, 3.8) is 0 Å². The fraction of sp³-hybridized carbons (Fsp3) is 0.667. The van der Waals surface area contributed by atoms with E-state index in [2.05, 4.69) is 20.8 Å². The highest BCUT2D eigenvalue weighted by molar-refractivity contribution is 5.95. The highest BCUT2D eigenvalue weighted by Crippen LogP contribution is 2.11. The topological polar surface area (TPSA) is 86.9 Å². The van der Waals surface area contributed by atoms with Crippen molar-refractivity contribution in [2.24, 2.45) is 5.92 Å². The van der Waals surface area contributed by atoms with Gasteiger partial charge >= 0.3 is 0 Å². The number of nitrogens with zero attached hydrogens (tertiary/aromatic N) is 1. The molecule has 2 rings (SSSR count). The van der Waals surface area contributed by atoms with E-state index in [9.17, 15) is 9.59 Å². The number of nitrogens with one attached hydrogen (secondary N) is 3. The van der Waals surface area contributed by atoms with Gasteiger partial charge in [-0.05, 0) is 50.3 Å². The maximum Gasteiger partial charge on any atom is 0.277 e. The molecule has 1 unspecified atom stereocenters. The van der Waals surface area contributed by atoms with E-state index in [4.69, 9.17) is 0 Å². The molecule has 0 aromatic carbocycles. The Labute approximate surface area is 136 Å². The van der Waals surface area contributed by atoms with Crippen molar-refractivity contribution in [1.82, 2.24) is 20.8 Å². The summed E-state index contributed by atoms with van der Waals surface area (Å²) in [5, 5.41) is 12.7. The van der Waals surface area contributed by atoms with Crippen molar-refractivity contribution >= 4 is 18.3 Å². The molecule has 0 aliphatic carbocycles. The fourth-order valence-electron chi connectivity index (χ4n) is 2.86. The number of carbonyl (C=O) groups excluding carboxylic acids is 1. The van der Waals surface area contributed by atoms with E-state index >= 15 is 0 Å². The van der Waals surface area contributed by atoms with Crippen LogP contribution in [0.2, 0.25) is 0 Å². The highest BCUT2D eigenvalue weighted by Gasteiger charge is 2.20. The molecule has 7 heteroatoms. The number of hydrogen-bond donors (Lipinski definition) is 3. The molecule has 2 heterocycles. The van der Waals surface area contributed by atoms with E-state index < -0.39 is 5.56 Å². The van der Waals surface area contributed by atoms with Crippen LogP contribution in [0.4, 0.5) is 0 Å². The van der Waals surface area contributed by atoms with Gasteiger partial charge < -0.3 is 10.6 Å². The van der Waals surface area contributed by atoms with Gasteiger partial charge in [0.1, 0.15) is 5.56 Å². The lowest BCUT2D eigenvalue weighted by Gasteiger charge is -2.23. The molecule has 6 nitrogen and oxygen atoms in total. The van der Waals surface area contributed by atoms with Gasteiger partial charge in [-0.3, -0.25) is 9.59 Å². The lowest BCUT2D eigenvalue weighted by molar-refractivity contribution is 0.0942. The van der Waals surface area contributed by atoms with E-state index in [1.165, 1.54) is 0 Å². The number of aryl methyl sites for hydroxylation is 1. The van der Waals surface area contributed by atoms with Crippen molar-refractivity contribution in [1.29, 1.82) is 0 Å². The second-order valence-electron chi connectivity index (χ2n) is 5.48. The van der Waals surface area contributed by atoms with Crippen LogP contribution in [0, 0.1) is 5.92 Å². The summed E-state index contributed by atoms with van der Waals surface area (Å²) < 4.78 is 0. The maximum absolute atomic E-state index is 12.4. The minimum Gasteiger partial charge on any atom is -0.352 e. The number of piperidine rings is 1. The van der Waals surface area contributed by atoms with E-state index in [-0.39, 0.29) is 23.9 Å². The van der Waals surface area contributed by atoms with Crippen LogP contribution in [0.15, 0.2) is 4.79 Å². The van der Waals surface area contributed by atoms with Gasteiger partial charge in [0.25, 0.3) is 11.5 Å². The predicted octanol–water partition coefficient (Wildman–Crippen LogP) is 1.05. The molecule has 1 aromatic heterocycles. The van der Waals surface area contributed by atoms with E-state index in [0.717, 1.165) is 37.2 Å².